The topological polar surface area (TPSA) is 35.5 Å². The highest BCUT2D eigenvalue weighted by Crippen LogP contribution is 2.22. The van der Waals surface area contributed by atoms with E-state index in [9.17, 15) is 4.79 Å². The molecule has 1 aliphatic heterocycles. The molecule has 80 valence electrons. The SMILES string of the molecule is CCOC(=O)C=C1CCCO[C@@H]1CC. The molecule has 14 heavy (non-hydrogen) atoms. The van der Waals surface area contributed by atoms with Crippen molar-refractivity contribution in [2.45, 2.75) is 39.2 Å². The summed E-state index contributed by atoms with van der Waals surface area (Å²) >= 11 is 0. The van der Waals surface area contributed by atoms with Gasteiger partial charge in [0.1, 0.15) is 0 Å². The first-order valence-corrected chi connectivity index (χ1v) is 5.26. The molecule has 1 saturated heterocycles. The summed E-state index contributed by atoms with van der Waals surface area (Å²) in [6.07, 6.45) is 4.59. The lowest BCUT2D eigenvalue weighted by Crippen LogP contribution is -2.22. The summed E-state index contributed by atoms with van der Waals surface area (Å²) in [7, 11) is 0. The number of carbonyl (C=O) groups excluding carboxylic acids is 1. The number of carbonyl (C=O) groups is 1. The highest BCUT2D eigenvalue weighted by molar-refractivity contribution is 5.83. The lowest BCUT2D eigenvalue weighted by molar-refractivity contribution is -0.137. The molecule has 3 heteroatoms. The molecule has 1 aliphatic rings. The third kappa shape index (κ3) is 3.14. The first-order chi connectivity index (χ1) is 6.77. The second kappa shape index (κ2) is 5.81. The summed E-state index contributed by atoms with van der Waals surface area (Å²) in [5.74, 6) is -0.244. The fourth-order valence-corrected chi connectivity index (χ4v) is 1.65. The Balaban J connectivity index is 2.57. The zero-order valence-corrected chi connectivity index (χ0v) is 8.91. The van der Waals surface area contributed by atoms with E-state index in [0.717, 1.165) is 31.4 Å². The largest absolute Gasteiger partial charge is 0.463 e. The van der Waals surface area contributed by atoms with Crippen LogP contribution in [0.4, 0.5) is 0 Å². The Hall–Kier alpha value is -0.830. The molecule has 1 rings (SSSR count). The lowest BCUT2D eigenvalue weighted by Gasteiger charge is -2.24. The van der Waals surface area contributed by atoms with Crippen LogP contribution in [0.5, 0.6) is 0 Å². The van der Waals surface area contributed by atoms with Crippen LogP contribution in [0.15, 0.2) is 11.6 Å². The fraction of sp³-hybridized carbons (Fsp3) is 0.727. The minimum absolute atomic E-state index is 0.119. The van der Waals surface area contributed by atoms with Crippen molar-refractivity contribution in [2.75, 3.05) is 13.2 Å². The van der Waals surface area contributed by atoms with Crippen molar-refractivity contribution in [3.63, 3.8) is 0 Å². The molecule has 0 amide bonds. The van der Waals surface area contributed by atoms with Crippen LogP contribution in [0.3, 0.4) is 0 Å². The second-order valence-electron chi connectivity index (χ2n) is 3.34. The van der Waals surface area contributed by atoms with Gasteiger partial charge in [-0.3, -0.25) is 0 Å². The van der Waals surface area contributed by atoms with Gasteiger partial charge in [0.25, 0.3) is 0 Å². The smallest absolute Gasteiger partial charge is 0.330 e. The van der Waals surface area contributed by atoms with Crippen LogP contribution < -0.4 is 0 Å². The minimum Gasteiger partial charge on any atom is -0.463 e. The van der Waals surface area contributed by atoms with E-state index in [1.54, 1.807) is 6.08 Å². The Morgan fingerprint density at radius 2 is 2.43 bits per heavy atom. The van der Waals surface area contributed by atoms with Gasteiger partial charge in [-0.05, 0) is 31.8 Å². The molecule has 0 saturated carbocycles. The van der Waals surface area contributed by atoms with Crippen LogP contribution >= 0.6 is 0 Å². The van der Waals surface area contributed by atoms with Crippen molar-refractivity contribution in [3.8, 4) is 0 Å². The molecule has 0 radical (unpaired) electrons. The fourth-order valence-electron chi connectivity index (χ4n) is 1.65. The zero-order valence-electron chi connectivity index (χ0n) is 8.91. The molecule has 1 atom stereocenters. The van der Waals surface area contributed by atoms with E-state index in [4.69, 9.17) is 9.47 Å². The summed E-state index contributed by atoms with van der Waals surface area (Å²) in [4.78, 5) is 11.2. The molecule has 0 spiro atoms. The molecule has 1 fully saturated rings. The van der Waals surface area contributed by atoms with E-state index in [1.807, 2.05) is 6.92 Å². The van der Waals surface area contributed by atoms with Gasteiger partial charge in [0.15, 0.2) is 0 Å². The molecule has 0 aliphatic carbocycles. The Morgan fingerprint density at radius 1 is 1.64 bits per heavy atom. The molecule has 3 nitrogen and oxygen atoms in total. The maximum absolute atomic E-state index is 11.2. The van der Waals surface area contributed by atoms with Gasteiger partial charge in [-0.1, -0.05) is 6.92 Å². The molecule has 0 aromatic heterocycles. The highest BCUT2D eigenvalue weighted by Gasteiger charge is 2.18. The van der Waals surface area contributed by atoms with Gasteiger partial charge in [0.2, 0.25) is 0 Å². The normalized spacial score (nSPS) is 25.0. The molecule has 0 aromatic carbocycles. The van der Waals surface area contributed by atoms with Crippen molar-refractivity contribution in [3.05, 3.63) is 11.6 Å². The Kier molecular flexibility index (Phi) is 4.66. The molecular weight excluding hydrogens is 180 g/mol. The lowest BCUT2D eigenvalue weighted by atomic mass is 9.99. The number of ether oxygens (including phenoxy) is 2. The predicted molar refractivity (Wildman–Crippen MR) is 54.0 cm³/mol. The Bertz CT molecular complexity index is 221. The van der Waals surface area contributed by atoms with Crippen LogP contribution in [0.25, 0.3) is 0 Å². The van der Waals surface area contributed by atoms with Gasteiger partial charge in [0, 0.05) is 12.7 Å². The average Bonchev–Trinajstić information content (AvgIpc) is 2.19. The van der Waals surface area contributed by atoms with Gasteiger partial charge >= 0.3 is 5.97 Å². The standard InChI is InChI=1S/C11H18O3/c1-3-10-9(6-5-7-14-10)8-11(12)13-4-2/h8,10H,3-7H2,1-2H3/t10-/m1/s1. The Labute approximate surface area is 85.1 Å². The average molecular weight is 198 g/mol. The van der Waals surface area contributed by atoms with Crippen molar-refractivity contribution in [2.24, 2.45) is 0 Å². The maximum Gasteiger partial charge on any atom is 0.330 e. The quantitative estimate of drug-likeness (QED) is 0.514. The van der Waals surface area contributed by atoms with Gasteiger partial charge in [-0.2, -0.15) is 0 Å². The zero-order chi connectivity index (χ0) is 10.4. The van der Waals surface area contributed by atoms with Crippen LogP contribution in [-0.2, 0) is 14.3 Å². The minimum atomic E-state index is -0.244. The number of hydrogen-bond donors (Lipinski definition) is 0. The van der Waals surface area contributed by atoms with Gasteiger partial charge in [-0.25, -0.2) is 4.79 Å². The summed E-state index contributed by atoms with van der Waals surface area (Å²) in [5, 5.41) is 0. The number of esters is 1. The summed E-state index contributed by atoms with van der Waals surface area (Å²) in [6, 6.07) is 0. The molecule has 0 aromatic rings. The van der Waals surface area contributed by atoms with Gasteiger partial charge in [0.05, 0.1) is 12.7 Å². The summed E-state index contributed by atoms with van der Waals surface area (Å²) < 4.78 is 10.4. The van der Waals surface area contributed by atoms with E-state index in [1.165, 1.54) is 0 Å². The van der Waals surface area contributed by atoms with Crippen molar-refractivity contribution < 1.29 is 14.3 Å². The van der Waals surface area contributed by atoms with Gasteiger partial charge in [-0.15, -0.1) is 0 Å². The molecule has 1 heterocycles. The second-order valence-corrected chi connectivity index (χ2v) is 3.34. The van der Waals surface area contributed by atoms with Crippen molar-refractivity contribution >= 4 is 5.97 Å². The molecule has 0 bridgehead atoms. The van der Waals surface area contributed by atoms with Crippen LogP contribution in [0.1, 0.15) is 33.1 Å². The molecular formula is C11H18O3. The van der Waals surface area contributed by atoms with E-state index in [2.05, 4.69) is 6.92 Å². The van der Waals surface area contributed by atoms with E-state index >= 15 is 0 Å². The van der Waals surface area contributed by atoms with Crippen molar-refractivity contribution in [1.29, 1.82) is 0 Å². The van der Waals surface area contributed by atoms with Crippen LogP contribution in [0.2, 0.25) is 0 Å². The van der Waals surface area contributed by atoms with E-state index in [0.29, 0.717) is 6.61 Å². The molecule has 0 N–H and O–H groups in total. The third-order valence-corrected chi connectivity index (χ3v) is 2.30. The van der Waals surface area contributed by atoms with Crippen LogP contribution in [0, 0.1) is 0 Å². The summed E-state index contributed by atoms with van der Waals surface area (Å²) in [5.41, 5.74) is 1.08. The van der Waals surface area contributed by atoms with E-state index < -0.39 is 0 Å². The maximum atomic E-state index is 11.2. The Morgan fingerprint density at radius 3 is 3.07 bits per heavy atom. The van der Waals surface area contributed by atoms with Crippen molar-refractivity contribution in [1.82, 2.24) is 0 Å². The van der Waals surface area contributed by atoms with Gasteiger partial charge < -0.3 is 9.47 Å². The first kappa shape index (κ1) is 11.2. The number of rotatable bonds is 3. The van der Waals surface area contributed by atoms with E-state index in [-0.39, 0.29) is 12.1 Å². The third-order valence-electron chi connectivity index (χ3n) is 2.30. The highest BCUT2D eigenvalue weighted by atomic mass is 16.5. The predicted octanol–water partition coefficient (Wildman–Crippen LogP) is 2.06. The first-order valence-electron chi connectivity index (χ1n) is 5.26. The number of hydrogen-bond acceptors (Lipinski definition) is 3. The monoisotopic (exact) mass is 198 g/mol. The van der Waals surface area contributed by atoms with Crippen LogP contribution in [-0.4, -0.2) is 25.3 Å². The summed E-state index contributed by atoms with van der Waals surface area (Å²) in [6.45, 7) is 5.11. The molecule has 0 unspecified atom stereocenters.